The van der Waals surface area contributed by atoms with Crippen molar-refractivity contribution < 1.29 is 0 Å². The van der Waals surface area contributed by atoms with Gasteiger partial charge >= 0.3 is 0 Å². The lowest BCUT2D eigenvalue weighted by Crippen LogP contribution is -2.32. The van der Waals surface area contributed by atoms with Crippen LogP contribution in [0.15, 0.2) is 34.7 Å². The number of nitrogens with zero attached hydrogens (tertiary/aromatic N) is 2. The maximum Gasteiger partial charge on any atom is 0.203 e. The standard InChI is InChI=1S/C19H22IN3S/c1-18(2)13-8-9-19(18,3)16(10-13)22-23-17-21-15(11-24-17)12-4-6-14(20)7-5-12/h4-7,11,13H,8-10H2,1-3H3,(H,21,23)/b22-16-/t13-,19+/m1/s1. The third kappa shape index (κ3) is 2.51. The molecule has 2 fully saturated rings. The Morgan fingerprint density at radius 3 is 2.62 bits per heavy atom. The van der Waals surface area contributed by atoms with Crippen LogP contribution < -0.4 is 5.43 Å². The largest absolute Gasteiger partial charge is 0.253 e. The Hall–Kier alpha value is -0.950. The highest BCUT2D eigenvalue weighted by atomic mass is 127. The van der Waals surface area contributed by atoms with E-state index in [1.165, 1.54) is 22.1 Å². The Labute approximate surface area is 161 Å². The number of rotatable bonds is 3. The number of benzene rings is 1. The number of aromatic nitrogens is 1. The van der Waals surface area contributed by atoms with Crippen molar-refractivity contribution in [2.24, 2.45) is 21.8 Å². The van der Waals surface area contributed by atoms with E-state index in [2.05, 4.69) is 78.4 Å². The summed E-state index contributed by atoms with van der Waals surface area (Å²) in [7, 11) is 0. The van der Waals surface area contributed by atoms with Gasteiger partial charge in [-0.25, -0.2) is 4.98 Å². The molecular formula is C19H22IN3S. The van der Waals surface area contributed by atoms with Gasteiger partial charge in [0.05, 0.1) is 5.69 Å². The van der Waals surface area contributed by atoms with Crippen molar-refractivity contribution >= 4 is 44.8 Å². The van der Waals surface area contributed by atoms with Crippen LogP contribution in [-0.2, 0) is 0 Å². The SMILES string of the molecule is CC1(C)[C@@H]2CC[C@@]1(C)/C(=N\Nc1nc(-c3ccc(I)cc3)cs1)C2. The summed E-state index contributed by atoms with van der Waals surface area (Å²) in [5.41, 5.74) is 7.32. The van der Waals surface area contributed by atoms with E-state index in [0.29, 0.717) is 5.41 Å². The summed E-state index contributed by atoms with van der Waals surface area (Å²) in [6.07, 6.45) is 3.74. The molecule has 1 N–H and O–H groups in total. The Morgan fingerprint density at radius 2 is 2.00 bits per heavy atom. The van der Waals surface area contributed by atoms with Gasteiger partial charge < -0.3 is 0 Å². The van der Waals surface area contributed by atoms with E-state index in [4.69, 9.17) is 10.1 Å². The summed E-state index contributed by atoms with van der Waals surface area (Å²) in [6.45, 7) is 7.20. The van der Waals surface area contributed by atoms with E-state index in [1.807, 2.05) is 0 Å². The van der Waals surface area contributed by atoms with Gasteiger partial charge in [0, 0.05) is 25.6 Å². The number of nitrogens with one attached hydrogen (secondary N) is 1. The summed E-state index contributed by atoms with van der Waals surface area (Å²) in [6, 6.07) is 8.46. The van der Waals surface area contributed by atoms with Gasteiger partial charge in [-0.2, -0.15) is 5.10 Å². The van der Waals surface area contributed by atoms with Crippen molar-refractivity contribution in [3.8, 4) is 11.3 Å². The minimum absolute atomic E-state index is 0.237. The zero-order valence-corrected chi connectivity index (χ0v) is 17.2. The molecule has 2 aromatic rings. The summed E-state index contributed by atoms with van der Waals surface area (Å²) < 4.78 is 1.24. The molecule has 5 heteroatoms. The Morgan fingerprint density at radius 1 is 1.25 bits per heavy atom. The van der Waals surface area contributed by atoms with Crippen LogP contribution in [-0.4, -0.2) is 10.7 Å². The van der Waals surface area contributed by atoms with Gasteiger partial charge in [0.25, 0.3) is 0 Å². The van der Waals surface area contributed by atoms with Crippen LogP contribution in [0.2, 0.25) is 0 Å². The van der Waals surface area contributed by atoms with Crippen molar-refractivity contribution in [1.29, 1.82) is 0 Å². The molecule has 1 aromatic carbocycles. The van der Waals surface area contributed by atoms with Crippen LogP contribution in [0.5, 0.6) is 0 Å². The summed E-state index contributed by atoms with van der Waals surface area (Å²) >= 11 is 3.94. The smallest absolute Gasteiger partial charge is 0.203 e. The Kier molecular flexibility index (Phi) is 3.99. The molecule has 2 bridgehead atoms. The van der Waals surface area contributed by atoms with Gasteiger partial charge in [-0.05, 0) is 65.3 Å². The zero-order chi connectivity index (χ0) is 16.9. The third-order valence-corrected chi connectivity index (χ3v) is 7.91. The highest BCUT2D eigenvalue weighted by Gasteiger charge is 2.59. The maximum absolute atomic E-state index is 4.78. The second kappa shape index (κ2) is 5.80. The van der Waals surface area contributed by atoms with Crippen molar-refractivity contribution in [3.05, 3.63) is 33.2 Å². The first-order chi connectivity index (χ1) is 11.4. The van der Waals surface area contributed by atoms with Crippen molar-refractivity contribution in [1.82, 2.24) is 4.98 Å². The molecule has 0 radical (unpaired) electrons. The number of halogens is 1. The van der Waals surface area contributed by atoms with E-state index in [9.17, 15) is 0 Å². The molecule has 0 spiro atoms. The van der Waals surface area contributed by atoms with Crippen LogP contribution in [0.4, 0.5) is 5.13 Å². The van der Waals surface area contributed by atoms with Gasteiger partial charge in [0.15, 0.2) is 0 Å². The lowest BCUT2D eigenvalue weighted by molar-refractivity contribution is 0.194. The lowest BCUT2D eigenvalue weighted by Gasteiger charge is -2.34. The summed E-state index contributed by atoms with van der Waals surface area (Å²) in [5.74, 6) is 0.779. The predicted molar refractivity (Wildman–Crippen MR) is 111 cm³/mol. The normalized spacial score (nSPS) is 29.3. The highest BCUT2D eigenvalue weighted by Crippen LogP contribution is 2.63. The minimum atomic E-state index is 0.237. The van der Waals surface area contributed by atoms with Crippen LogP contribution in [0.25, 0.3) is 11.3 Å². The molecule has 2 aliphatic rings. The monoisotopic (exact) mass is 451 g/mol. The summed E-state index contributed by atoms with van der Waals surface area (Å²) in [5, 5.41) is 7.75. The lowest BCUT2D eigenvalue weighted by atomic mass is 9.70. The molecule has 0 unspecified atom stereocenters. The van der Waals surface area contributed by atoms with Gasteiger partial charge in [-0.15, -0.1) is 11.3 Å². The van der Waals surface area contributed by atoms with Crippen LogP contribution in [0.3, 0.4) is 0 Å². The molecule has 0 saturated heterocycles. The molecule has 126 valence electrons. The highest BCUT2D eigenvalue weighted by molar-refractivity contribution is 14.1. The van der Waals surface area contributed by atoms with Gasteiger partial charge in [0.2, 0.25) is 5.13 Å². The predicted octanol–water partition coefficient (Wildman–Crippen LogP) is 6.03. The second-order valence-electron chi connectivity index (χ2n) is 7.71. The molecule has 0 aliphatic heterocycles. The van der Waals surface area contributed by atoms with E-state index in [-0.39, 0.29) is 5.41 Å². The second-order valence-corrected chi connectivity index (χ2v) is 9.81. The van der Waals surface area contributed by atoms with Gasteiger partial charge in [0.1, 0.15) is 0 Å². The fourth-order valence-electron chi connectivity index (χ4n) is 4.29. The first-order valence-corrected chi connectivity index (χ1v) is 10.4. The number of thiazole rings is 1. The average molecular weight is 451 g/mol. The molecule has 2 aliphatic carbocycles. The van der Waals surface area contributed by atoms with E-state index < -0.39 is 0 Å². The Bertz CT molecular complexity index is 793. The quantitative estimate of drug-likeness (QED) is 0.457. The van der Waals surface area contributed by atoms with Gasteiger partial charge in [-0.3, -0.25) is 5.43 Å². The number of hydrogen-bond donors (Lipinski definition) is 1. The summed E-state index contributed by atoms with van der Waals surface area (Å²) in [4.78, 5) is 4.69. The van der Waals surface area contributed by atoms with Crippen molar-refractivity contribution in [2.45, 2.75) is 40.0 Å². The molecule has 2 saturated carbocycles. The maximum atomic E-state index is 4.78. The van der Waals surface area contributed by atoms with E-state index in [0.717, 1.165) is 28.7 Å². The topological polar surface area (TPSA) is 37.3 Å². The number of hydrogen-bond acceptors (Lipinski definition) is 4. The Balaban J connectivity index is 1.52. The number of hydrazone groups is 1. The fraction of sp³-hybridized carbons (Fsp3) is 0.474. The first-order valence-electron chi connectivity index (χ1n) is 8.45. The van der Waals surface area contributed by atoms with E-state index >= 15 is 0 Å². The minimum Gasteiger partial charge on any atom is -0.253 e. The third-order valence-electron chi connectivity index (χ3n) is 6.44. The first kappa shape index (κ1) is 16.5. The number of fused-ring (bicyclic) bond motifs is 2. The molecule has 2 atom stereocenters. The average Bonchev–Trinajstić information content (AvgIpc) is 3.16. The number of anilines is 1. The molecule has 0 amide bonds. The van der Waals surface area contributed by atoms with Crippen LogP contribution in [0, 0.1) is 20.3 Å². The van der Waals surface area contributed by atoms with Crippen LogP contribution >= 0.6 is 33.9 Å². The molecular weight excluding hydrogens is 429 g/mol. The molecule has 1 aromatic heterocycles. The zero-order valence-electron chi connectivity index (χ0n) is 14.3. The van der Waals surface area contributed by atoms with E-state index in [1.54, 1.807) is 11.3 Å². The van der Waals surface area contributed by atoms with Crippen molar-refractivity contribution in [2.75, 3.05) is 5.43 Å². The fourth-order valence-corrected chi connectivity index (χ4v) is 5.31. The molecule has 1 heterocycles. The van der Waals surface area contributed by atoms with Gasteiger partial charge in [-0.1, -0.05) is 32.9 Å². The molecule has 4 rings (SSSR count). The molecule has 3 nitrogen and oxygen atoms in total. The van der Waals surface area contributed by atoms with Crippen LogP contribution in [0.1, 0.15) is 40.0 Å². The molecule has 24 heavy (non-hydrogen) atoms. The van der Waals surface area contributed by atoms with Crippen molar-refractivity contribution in [3.63, 3.8) is 0 Å².